The summed E-state index contributed by atoms with van der Waals surface area (Å²) in [6.45, 7) is 0.909. The van der Waals surface area contributed by atoms with Crippen LogP contribution >= 0.6 is 11.6 Å². The first-order valence-electron chi connectivity index (χ1n) is 7.34. The Bertz CT molecular complexity index is 762. The summed E-state index contributed by atoms with van der Waals surface area (Å²) in [4.78, 5) is 8.17. The van der Waals surface area contributed by atoms with Gasteiger partial charge in [-0.05, 0) is 31.0 Å². The average molecular weight is 353 g/mol. The zero-order valence-corrected chi connectivity index (χ0v) is 14.0. The zero-order chi connectivity index (χ0) is 16.3. The Kier molecular flexibility index (Phi) is 4.79. The number of nitrogens with one attached hydrogen (secondary N) is 1. The second-order valence-electron chi connectivity index (χ2n) is 5.35. The van der Waals surface area contributed by atoms with Crippen molar-refractivity contribution in [2.24, 2.45) is 0 Å². The highest BCUT2D eigenvalue weighted by atomic mass is 35.5. The second-order valence-corrected chi connectivity index (χ2v) is 7.66. The number of sulfonamides is 1. The minimum atomic E-state index is -3.54. The lowest BCUT2D eigenvalue weighted by atomic mass is 10.1. The van der Waals surface area contributed by atoms with Crippen LogP contribution in [0.5, 0.6) is 0 Å². The molecule has 8 heteroatoms. The highest BCUT2D eigenvalue weighted by Gasteiger charge is 2.30. The zero-order valence-electron chi connectivity index (χ0n) is 12.4. The fraction of sp³-hybridized carbons (Fsp3) is 0.333. The van der Waals surface area contributed by atoms with E-state index < -0.39 is 10.0 Å². The Morgan fingerprint density at radius 2 is 1.91 bits per heavy atom. The van der Waals surface area contributed by atoms with Gasteiger partial charge in [-0.15, -0.1) is 0 Å². The summed E-state index contributed by atoms with van der Waals surface area (Å²) in [5, 5.41) is 3.56. The number of rotatable bonds is 4. The molecular formula is C15H17ClN4O2S. The summed E-state index contributed by atoms with van der Waals surface area (Å²) in [6, 6.07) is 8.54. The maximum Gasteiger partial charge on any atom is 0.244 e. The van der Waals surface area contributed by atoms with Crippen molar-refractivity contribution in [2.45, 2.75) is 23.8 Å². The van der Waals surface area contributed by atoms with Crippen LogP contribution < -0.4 is 5.32 Å². The predicted molar refractivity (Wildman–Crippen MR) is 88.9 cm³/mol. The lowest BCUT2D eigenvalue weighted by Crippen LogP contribution is -2.42. The van der Waals surface area contributed by atoms with Gasteiger partial charge in [0, 0.05) is 25.3 Å². The summed E-state index contributed by atoms with van der Waals surface area (Å²) in [7, 11) is -3.54. The molecule has 0 atom stereocenters. The lowest BCUT2D eigenvalue weighted by molar-refractivity contribution is 0.329. The van der Waals surface area contributed by atoms with Gasteiger partial charge in [-0.25, -0.2) is 18.4 Å². The highest BCUT2D eigenvalue weighted by molar-refractivity contribution is 7.89. The number of hydrogen-bond donors (Lipinski definition) is 1. The molecule has 1 fully saturated rings. The molecule has 1 aromatic carbocycles. The smallest absolute Gasteiger partial charge is 0.244 e. The third-order valence-corrected chi connectivity index (χ3v) is 6.24. The van der Waals surface area contributed by atoms with E-state index in [0.29, 0.717) is 25.9 Å². The van der Waals surface area contributed by atoms with Crippen LogP contribution in [0.15, 0.2) is 47.8 Å². The number of piperidine rings is 1. The largest absolute Gasteiger partial charge is 0.367 e. The van der Waals surface area contributed by atoms with E-state index >= 15 is 0 Å². The van der Waals surface area contributed by atoms with E-state index in [1.54, 1.807) is 36.5 Å². The van der Waals surface area contributed by atoms with Crippen LogP contribution in [-0.2, 0) is 10.0 Å². The maximum absolute atomic E-state index is 12.7. The van der Waals surface area contributed by atoms with E-state index in [-0.39, 0.29) is 16.0 Å². The molecule has 0 radical (unpaired) electrons. The Hall–Kier alpha value is -1.70. The summed E-state index contributed by atoms with van der Waals surface area (Å²) in [6.07, 6.45) is 4.59. The van der Waals surface area contributed by atoms with Crippen molar-refractivity contribution in [3.8, 4) is 0 Å². The monoisotopic (exact) mass is 352 g/mol. The fourth-order valence-corrected chi connectivity index (χ4v) is 4.58. The first-order valence-corrected chi connectivity index (χ1v) is 9.16. The van der Waals surface area contributed by atoms with Crippen LogP contribution in [-0.4, -0.2) is 41.8 Å². The number of aromatic nitrogens is 2. The molecule has 0 saturated carbocycles. The summed E-state index contributed by atoms with van der Waals surface area (Å²) >= 11 is 6.03. The van der Waals surface area contributed by atoms with E-state index in [2.05, 4.69) is 15.3 Å². The molecule has 0 aliphatic carbocycles. The number of benzene rings is 1. The van der Waals surface area contributed by atoms with Crippen LogP contribution in [0.2, 0.25) is 5.02 Å². The molecule has 3 rings (SSSR count). The van der Waals surface area contributed by atoms with E-state index in [1.165, 1.54) is 10.6 Å². The molecular weight excluding hydrogens is 336 g/mol. The number of nitrogens with zero attached hydrogens (tertiary/aromatic N) is 3. The summed E-state index contributed by atoms with van der Waals surface area (Å²) < 4.78 is 26.8. The quantitative estimate of drug-likeness (QED) is 0.914. The van der Waals surface area contributed by atoms with Crippen molar-refractivity contribution in [3.63, 3.8) is 0 Å². The molecule has 1 saturated heterocycles. The summed E-state index contributed by atoms with van der Waals surface area (Å²) in [5.74, 6) is 0.757. The van der Waals surface area contributed by atoms with E-state index in [4.69, 9.17) is 11.6 Å². The average Bonchev–Trinajstić information content (AvgIpc) is 2.56. The fourth-order valence-electron chi connectivity index (χ4n) is 2.62. The van der Waals surface area contributed by atoms with Gasteiger partial charge in [-0.1, -0.05) is 23.7 Å². The first-order chi connectivity index (χ1) is 11.1. The normalized spacial score (nSPS) is 17.1. The Labute approximate surface area is 140 Å². The van der Waals surface area contributed by atoms with Crippen LogP contribution in [0.1, 0.15) is 12.8 Å². The predicted octanol–water partition coefficient (Wildman–Crippen LogP) is 2.40. The maximum atomic E-state index is 12.7. The van der Waals surface area contributed by atoms with Gasteiger partial charge in [-0.2, -0.15) is 4.31 Å². The first kappa shape index (κ1) is 16.2. The van der Waals surface area contributed by atoms with E-state index in [1.807, 2.05) is 0 Å². The minimum Gasteiger partial charge on any atom is -0.367 e. The van der Waals surface area contributed by atoms with Crippen LogP contribution in [0.4, 0.5) is 5.82 Å². The van der Waals surface area contributed by atoms with Gasteiger partial charge in [0.15, 0.2) is 0 Å². The Morgan fingerprint density at radius 1 is 1.17 bits per heavy atom. The van der Waals surface area contributed by atoms with Gasteiger partial charge in [0.2, 0.25) is 10.0 Å². The lowest BCUT2D eigenvalue weighted by Gasteiger charge is -2.32. The topological polar surface area (TPSA) is 75.2 Å². The molecule has 1 aromatic heterocycles. The van der Waals surface area contributed by atoms with Crippen molar-refractivity contribution < 1.29 is 8.42 Å². The van der Waals surface area contributed by atoms with Gasteiger partial charge < -0.3 is 5.32 Å². The van der Waals surface area contributed by atoms with Crippen molar-refractivity contribution in [1.82, 2.24) is 14.3 Å². The van der Waals surface area contributed by atoms with Gasteiger partial charge in [0.1, 0.15) is 17.0 Å². The third-order valence-electron chi connectivity index (χ3n) is 3.84. The molecule has 122 valence electrons. The van der Waals surface area contributed by atoms with Crippen LogP contribution in [0.25, 0.3) is 0 Å². The van der Waals surface area contributed by atoms with Crippen LogP contribution in [0.3, 0.4) is 0 Å². The molecule has 23 heavy (non-hydrogen) atoms. The van der Waals surface area contributed by atoms with Crippen molar-refractivity contribution in [1.29, 1.82) is 0 Å². The molecule has 0 bridgehead atoms. The van der Waals surface area contributed by atoms with Crippen molar-refractivity contribution in [3.05, 3.63) is 47.9 Å². The Balaban J connectivity index is 1.66. The van der Waals surface area contributed by atoms with Crippen molar-refractivity contribution in [2.75, 3.05) is 18.4 Å². The number of anilines is 1. The van der Waals surface area contributed by atoms with Gasteiger partial charge >= 0.3 is 0 Å². The van der Waals surface area contributed by atoms with E-state index in [9.17, 15) is 8.42 Å². The van der Waals surface area contributed by atoms with E-state index in [0.717, 1.165) is 5.82 Å². The molecule has 1 aliphatic rings. The molecule has 6 nitrogen and oxygen atoms in total. The van der Waals surface area contributed by atoms with Crippen molar-refractivity contribution >= 4 is 27.4 Å². The van der Waals surface area contributed by atoms with Gasteiger partial charge in [0.25, 0.3) is 0 Å². The Morgan fingerprint density at radius 3 is 2.57 bits per heavy atom. The SMILES string of the molecule is O=S(=O)(c1ccccc1Cl)N1CCC(Nc2ccncn2)CC1. The molecule has 1 N–H and O–H groups in total. The molecule has 0 unspecified atom stereocenters. The number of hydrogen-bond acceptors (Lipinski definition) is 5. The number of halogens is 1. The molecule has 1 aliphatic heterocycles. The molecule has 0 amide bonds. The minimum absolute atomic E-state index is 0.170. The second kappa shape index (κ2) is 6.82. The molecule has 2 aromatic rings. The highest BCUT2D eigenvalue weighted by Crippen LogP contribution is 2.27. The van der Waals surface area contributed by atoms with Gasteiger partial charge in [-0.3, -0.25) is 0 Å². The third kappa shape index (κ3) is 3.63. The molecule has 2 heterocycles. The summed E-state index contributed by atoms with van der Waals surface area (Å²) in [5.41, 5.74) is 0. The van der Waals surface area contributed by atoms with Gasteiger partial charge in [0.05, 0.1) is 5.02 Å². The molecule has 0 spiro atoms. The van der Waals surface area contributed by atoms with Crippen LogP contribution in [0, 0.1) is 0 Å². The standard InChI is InChI=1S/C15H17ClN4O2S/c16-13-3-1-2-4-14(13)23(21,22)20-9-6-12(7-10-20)19-15-5-8-17-11-18-15/h1-5,8,11-12H,6-7,9-10H2,(H,17,18,19).